The van der Waals surface area contributed by atoms with Crippen LogP contribution in [0, 0.1) is 12.1 Å². The average molecular weight is 835 g/mol. The maximum atomic E-state index is 13.5. The SMILES string of the molecule is FC(F)(F)c1cnc(-c2[c-]cc3c(c2)oc2c(-c4ccccc4)cccc23)c2ccccc12.[Ir].[c-]1ccc2ccccc2c1-c1ccccn1. The summed E-state index contributed by atoms with van der Waals surface area (Å²) in [6.45, 7) is 0. The van der Waals surface area contributed by atoms with Gasteiger partial charge in [-0.05, 0) is 39.2 Å². The molecule has 0 bridgehead atoms. The number of pyridine rings is 2. The summed E-state index contributed by atoms with van der Waals surface area (Å²) < 4.78 is 46.7. The molecule has 0 aliphatic heterocycles. The molecule has 50 heavy (non-hydrogen) atoms. The smallest absolute Gasteiger partial charge is 0.418 e. The van der Waals surface area contributed by atoms with E-state index < -0.39 is 11.7 Å². The van der Waals surface area contributed by atoms with Crippen molar-refractivity contribution in [2.24, 2.45) is 0 Å². The minimum atomic E-state index is -4.48. The molecule has 1 radical (unpaired) electrons. The number of halogens is 3. The van der Waals surface area contributed by atoms with Gasteiger partial charge >= 0.3 is 6.18 Å². The molecular weight excluding hydrogens is 810 g/mol. The molecule has 3 aromatic heterocycles. The summed E-state index contributed by atoms with van der Waals surface area (Å²) in [6.07, 6.45) is -1.78. The molecule has 9 aromatic rings. The molecule has 3 nitrogen and oxygen atoms in total. The van der Waals surface area contributed by atoms with Gasteiger partial charge in [0.2, 0.25) is 0 Å². The summed E-state index contributed by atoms with van der Waals surface area (Å²) in [7, 11) is 0. The van der Waals surface area contributed by atoms with E-state index in [1.165, 1.54) is 16.8 Å². The van der Waals surface area contributed by atoms with Crippen LogP contribution in [0.25, 0.3) is 77.1 Å². The minimum absolute atomic E-state index is 0. The third kappa shape index (κ3) is 6.18. The normalized spacial score (nSPS) is 11.3. The quantitative estimate of drug-likeness (QED) is 0.166. The Morgan fingerprint density at radius 3 is 2.12 bits per heavy atom. The second-order valence-corrected chi connectivity index (χ2v) is 11.5. The van der Waals surface area contributed by atoms with Crippen LogP contribution < -0.4 is 0 Å². The van der Waals surface area contributed by atoms with Crippen molar-refractivity contribution in [2.45, 2.75) is 6.18 Å². The van der Waals surface area contributed by atoms with Crippen LogP contribution in [0.3, 0.4) is 0 Å². The Labute approximate surface area is 299 Å². The number of benzene rings is 6. The van der Waals surface area contributed by atoms with Crippen LogP contribution in [0.4, 0.5) is 13.2 Å². The van der Waals surface area contributed by atoms with Gasteiger partial charge in [-0.2, -0.15) is 13.2 Å². The van der Waals surface area contributed by atoms with Crippen LogP contribution in [-0.2, 0) is 26.3 Å². The van der Waals surface area contributed by atoms with Gasteiger partial charge in [0.15, 0.2) is 0 Å². The molecule has 0 amide bonds. The first kappa shape index (κ1) is 32.9. The molecule has 3 heterocycles. The third-order valence-corrected chi connectivity index (χ3v) is 8.51. The molecule has 0 aliphatic rings. The van der Waals surface area contributed by atoms with E-state index in [4.69, 9.17) is 4.42 Å². The number of para-hydroxylation sites is 1. The first-order chi connectivity index (χ1) is 24.0. The van der Waals surface area contributed by atoms with Crippen molar-refractivity contribution >= 4 is 43.5 Å². The molecule has 0 unspecified atom stereocenters. The molecule has 7 heteroatoms. The molecule has 0 saturated carbocycles. The predicted molar refractivity (Wildman–Crippen MR) is 190 cm³/mol. The van der Waals surface area contributed by atoms with Crippen molar-refractivity contribution in [3.63, 3.8) is 0 Å². The Kier molecular flexibility index (Phi) is 9.02. The van der Waals surface area contributed by atoms with Crippen molar-refractivity contribution in [2.75, 3.05) is 0 Å². The summed E-state index contributed by atoms with van der Waals surface area (Å²) in [6, 6.07) is 50.7. The summed E-state index contributed by atoms with van der Waals surface area (Å²) in [4.78, 5) is 8.54. The molecule has 0 aliphatic carbocycles. The van der Waals surface area contributed by atoms with Gasteiger partial charge in [-0.25, -0.2) is 0 Å². The first-order valence-electron chi connectivity index (χ1n) is 15.6. The molecular formula is C43H25F3IrN2O-2. The van der Waals surface area contributed by atoms with Gasteiger partial charge in [0.05, 0.1) is 11.1 Å². The zero-order chi connectivity index (χ0) is 33.4. The summed E-state index contributed by atoms with van der Waals surface area (Å²) >= 11 is 0. The van der Waals surface area contributed by atoms with Gasteiger partial charge in [-0.3, -0.25) is 0 Å². The van der Waals surface area contributed by atoms with Gasteiger partial charge < -0.3 is 14.4 Å². The molecule has 0 fully saturated rings. The van der Waals surface area contributed by atoms with Crippen LogP contribution in [0.5, 0.6) is 0 Å². The largest absolute Gasteiger partial charge is 0.476 e. The van der Waals surface area contributed by atoms with Crippen molar-refractivity contribution in [1.82, 2.24) is 9.97 Å². The van der Waals surface area contributed by atoms with E-state index in [0.717, 1.165) is 44.9 Å². The zero-order valence-electron chi connectivity index (χ0n) is 26.2. The van der Waals surface area contributed by atoms with Gasteiger partial charge in [-0.1, -0.05) is 126 Å². The topological polar surface area (TPSA) is 38.9 Å². The van der Waals surface area contributed by atoms with Gasteiger partial charge in [0.1, 0.15) is 5.58 Å². The minimum Gasteiger partial charge on any atom is -0.476 e. The maximum Gasteiger partial charge on any atom is 0.418 e. The first-order valence-corrected chi connectivity index (χ1v) is 15.6. The fraction of sp³-hybridized carbons (Fsp3) is 0.0233. The molecule has 6 aromatic carbocycles. The molecule has 0 saturated heterocycles. The molecule has 0 N–H and O–H groups in total. The number of hydrogen-bond acceptors (Lipinski definition) is 3. The van der Waals surface area contributed by atoms with Crippen LogP contribution >= 0.6 is 0 Å². The number of alkyl halides is 3. The Morgan fingerprint density at radius 2 is 1.34 bits per heavy atom. The van der Waals surface area contributed by atoms with Crippen LogP contribution in [0.1, 0.15) is 5.56 Å². The van der Waals surface area contributed by atoms with E-state index in [-0.39, 0.29) is 25.5 Å². The third-order valence-electron chi connectivity index (χ3n) is 8.51. The summed E-state index contributed by atoms with van der Waals surface area (Å²) in [5.74, 6) is 0. The van der Waals surface area contributed by atoms with Crippen LogP contribution in [-0.4, -0.2) is 9.97 Å². The summed E-state index contributed by atoms with van der Waals surface area (Å²) in [5.41, 5.74) is 5.71. The predicted octanol–water partition coefficient (Wildman–Crippen LogP) is 12.0. The average Bonchev–Trinajstić information content (AvgIpc) is 3.53. The van der Waals surface area contributed by atoms with Crippen LogP contribution in [0.2, 0.25) is 0 Å². The molecule has 0 atom stereocenters. The Hall–Kier alpha value is -5.62. The second-order valence-electron chi connectivity index (χ2n) is 11.5. The molecule has 9 rings (SSSR count). The van der Waals surface area contributed by atoms with E-state index in [1.807, 2.05) is 97.2 Å². The standard InChI is InChI=1S/C28H15F3NO.C15H10N.Ir/c29-28(30,31)24-16-32-26(22-10-5-4-9-20(22)24)18-13-14-21-23-12-6-11-19(17-7-2-1-3-8-17)27(23)33-25(21)15-18;1-2-8-13-12(6-1)7-5-9-14(13)15-10-3-4-11-16-15;/h1-12,14-16H;1-8,10-11H;/q2*-1;. The maximum absolute atomic E-state index is 13.5. The monoisotopic (exact) mass is 835 g/mol. The number of rotatable bonds is 3. The number of hydrogen-bond donors (Lipinski definition) is 0. The number of fused-ring (bicyclic) bond motifs is 5. The van der Waals surface area contributed by atoms with Crippen molar-refractivity contribution in [3.05, 3.63) is 170 Å². The second kappa shape index (κ2) is 13.7. The fourth-order valence-electron chi connectivity index (χ4n) is 6.24. The van der Waals surface area contributed by atoms with E-state index in [0.29, 0.717) is 22.2 Å². The van der Waals surface area contributed by atoms with E-state index >= 15 is 0 Å². The van der Waals surface area contributed by atoms with E-state index in [9.17, 15) is 13.2 Å². The number of nitrogens with zero attached hydrogens (tertiary/aromatic N) is 2. The Morgan fingerprint density at radius 1 is 0.620 bits per heavy atom. The number of furan rings is 1. The molecule has 245 valence electrons. The van der Waals surface area contributed by atoms with Gasteiger partial charge in [0, 0.05) is 38.1 Å². The zero-order valence-corrected chi connectivity index (χ0v) is 28.6. The van der Waals surface area contributed by atoms with Crippen molar-refractivity contribution in [1.29, 1.82) is 0 Å². The Balaban J connectivity index is 0.000000194. The van der Waals surface area contributed by atoms with Gasteiger partial charge in [0.25, 0.3) is 0 Å². The fourth-order valence-corrected chi connectivity index (χ4v) is 6.24. The van der Waals surface area contributed by atoms with Crippen LogP contribution in [0.15, 0.2) is 156 Å². The van der Waals surface area contributed by atoms with E-state index in [2.05, 4.69) is 40.3 Å². The Bertz CT molecular complexity index is 2600. The molecule has 0 spiro atoms. The van der Waals surface area contributed by atoms with E-state index in [1.54, 1.807) is 24.3 Å². The number of aromatic nitrogens is 2. The van der Waals surface area contributed by atoms with Crippen molar-refractivity contribution < 1.29 is 37.7 Å². The summed E-state index contributed by atoms with van der Waals surface area (Å²) in [5, 5.41) is 4.80. The van der Waals surface area contributed by atoms with Gasteiger partial charge in [-0.15, -0.1) is 46.8 Å². The van der Waals surface area contributed by atoms with Crippen molar-refractivity contribution in [3.8, 4) is 33.6 Å².